The van der Waals surface area contributed by atoms with E-state index >= 15 is 0 Å². The number of fused-ring (bicyclic) bond motifs is 1. The third-order valence-electron chi connectivity index (χ3n) is 7.63. The maximum absolute atomic E-state index is 14.6. The van der Waals surface area contributed by atoms with Crippen molar-refractivity contribution in [3.8, 4) is 17.2 Å². The third kappa shape index (κ3) is 7.19. The molecule has 0 aromatic heterocycles. The van der Waals surface area contributed by atoms with E-state index in [9.17, 15) is 9.50 Å². The highest BCUT2D eigenvalue weighted by atomic mass is 19.1. The Labute approximate surface area is 226 Å². The molecule has 0 saturated carbocycles. The van der Waals surface area contributed by atoms with E-state index in [4.69, 9.17) is 9.47 Å². The Kier molecular flexibility index (Phi) is 9.88. The molecule has 1 unspecified atom stereocenters. The molecule has 0 aliphatic heterocycles. The van der Waals surface area contributed by atoms with Crippen LogP contribution >= 0.6 is 0 Å². The minimum Gasteiger partial charge on any atom is -0.508 e. The number of likely N-dealkylation sites (N-methyl/N-ethyl adjacent to an activating group) is 1. The van der Waals surface area contributed by atoms with Gasteiger partial charge in [0.1, 0.15) is 18.1 Å². The monoisotopic (exact) mass is 520 g/mol. The normalized spacial score (nSPS) is 14.8. The van der Waals surface area contributed by atoms with Crippen LogP contribution in [0.1, 0.15) is 54.9 Å². The van der Waals surface area contributed by atoms with Gasteiger partial charge in [0.25, 0.3) is 0 Å². The Hall–Kier alpha value is -3.25. The number of anilines is 1. The van der Waals surface area contributed by atoms with Crippen LogP contribution < -0.4 is 14.8 Å². The molecule has 38 heavy (non-hydrogen) atoms. The van der Waals surface area contributed by atoms with Gasteiger partial charge in [-0.3, -0.25) is 0 Å². The average Bonchev–Trinajstić information content (AvgIpc) is 2.94. The van der Waals surface area contributed by atoms with Crippen molar-refractivity contribution in [2.45, 2.75) is 51.9 Å². The lowest BCUT2D eigenvalue weighted by molar-refractivity contribution is 0.217. The van der Waals surface area contributed by atoms with Crippen LogP contribution in [0.4, 0.5) is 10.1 Å². The molecule has 0 bridgehead atoms. The highest BCUT2D eigenvalue weighted by Gasteiger charge is 2.23. The van der Waals surface area contributed by atoms with Gasteiger partial charge >= 0.3 is 0 Å². The van der Waals surface area contributed by atoms with E-state index in [2.05, 4.69) is 36.2 Å². The number of nitrogens with one attached hydrogen (secondary N) is 1. The standard InChI is InChI=1S/C32H41FN2O3/c1-4-35(5-2)17-18-38-32-15-8-23(19-30(32)33)7-6-16-34-31-22-28(37-3)13-14-29(31)26-10-9-25-21-27(36)12-11-24(25)20-26/h8,11-15,19,21-22,26,34,36H,4-7,9-10,16-18,20H2,1-3H3. The lowest BCUT2D eigenvalue weighted by Crippen LogP contribution is -2.28. The Bertz CT molecular complexity index is 1200. The molecule has 6 heteroatoms. The summed E-state index contributed by atoms with van der Waals surface area (Å²) < 4.78 is 25.8. The first-order valence-electron chi connectivity index (χ1n) is 13.9. The Morgan fingerprint density at radius 1 is 1.03 bits per heavy atom. The summed E-state index contributed by atoms with van der Waals surface area (Å²) in [6.07, 6.45) is 4.62. The van der Waals surface area contributed by atoms with Gasteiger partial charge in [-0.05, 0) is 104 Å². The second-order valence-electron chi connectivity index (χ2n) is 10.0. The van der Waals surface area contributed by atoms with Crippen LogP contribution in [0.2, 0.25) is 0 Å². The van der Waals surface area contributed by atoms with Gasteiger partial charge in [0.15, 0.2) is 11.6 Å². The molecular formula is C32H41FN2O3. The number of benzene rings is 3. The summed E-state index contributed by atoms with van der Waals surface area (Å²) >= 11 is 0. The van der Waals surface area contributed by atoms with E-state index in [0.717, 1.165) is 75.3 Å². The number of methoxy groups -OCH3 is 1. The van der Waals surface area contributed by atoms with E-state index in [-0.39, 0.29) is 5.82 Å². The Balaban J connectivity index is 1.32. The number of aromatic hydroxyl groups is 1. The Morgan fingerprint density at radius 3 is 2.63 bits per heavy atom. The molecule has 0 heterocycles. The van der Waals surface area contributed by atoms with Crippen LogP contribution in [0.5, 0.6) is 17.2 Å². The van der Waals surface area contributed by atoms with Gasteiger partial charge in [-0.25, -0.2) is 4.39 Å². The summed E-state index contributed by atoms with van der Waals surface area (Å²) in [5.41, 5.74) is 5.92. The summed E-state index contributed by atoms with van der Waals surface area (Å²) in [4.78, 5) is 2.26. The zero-order valence-electron chi connectivity index (χ0n) is 22.9. The van der Waals surface area contributed by atoms with Gasteiger partial charge in [0.2, 0.25) is 0 Å². The highest BCUT2D eigenvalue weighted by molar-refractivity contribution is 5.57. The van der Waals surface area contributed by atoms with Crippen molar-refractivity contribution in [2.24, 2.45) is 0 Å². The predicted molar refractivity (Wildman–Crippen MR) is 152 cm³/mol. The van der Waals surface area contributed by atoms with E-state index in [1.807, 2.05) is 24.3 Å². The molecular weight excluding hydrogens is 479 g/mol. The molecule has 5 nitrogen and oxygen atoms in total. The molecule has 4 rings (SSSR count). The number of hydrogen-bond donors (Lipinski definition) is 2. The minimum absolute atomic E-state index is 0.295. The van der Waals surface area contributed by atoms with Crippen molar-refractivity contribution in [1.29, 1.82) is 0 Å². The first-order valence-corrected chi connectivity index (χ1v) is 13.9. The molecule has 1 aliphatic carbocycles. The SMILES string of the molecule is CCN(CC)CCOc1ccc(CCCNc2cc(OC)ccc2C2CCc3cc(O)ccc3C2)cc1F. The van der Waals surface area contributed by atoms with Crippen LogP contribution in [0.3, 0.4) is 0 Å². The van der Waals surface area contributed by atoms with Gasteiger partial charge in [-0.15, -0.1) is 0 Å². The van der Waals surface area contributed by atoms with Crippen LogP contribution in [-0.4, -0.2) is 49.9 Å². The van der Waals surface area contributed by atoms with Crippen molar-refractivity contribution in [2.75, 3.05) is 45.2 Å². The quantitative estimate of drug-likeness (QED) is 0.250. The molecule has 1 aliphatic rings. The van der Waals surface area contributed by atoms with E-state index in [0.29, 0.717) is 24.0 Å². The molecule has 3 aromatic carbocycles. The molecule has 0 amide bonds. The number of nitrogens with zero attached hydrogens (tertiary/aromatic N) is 1. The summed E-state index contributed by atoms with van der Waals surface area (Å²) in [6, 6.07) is 17.3. The lowest BCUT2D eigenvalue weighted by atomic mass is 9.79. The number of phenols is 1. The van der Waals surface area contributed by atoms with E-state index < -0.39 is 0 Å². The summed E-state index contributed by atoms with van der Waals surface area (Å²) in [7, 11) is 1.69. The smallest absolute Gasteiger partial charge is 0.165 e. The molecule has 0 radical (unpaired) electrons. The first-order chi connectivity index (χ1) is 18.5. The maximum atomic E-state index is 14.6. The lowest BCUT2D eigenvalue weighted by Gasteiger charge is -2.27. The number of halogens is 1. The maximum Gasteiger partial charge on any atom is 0.165 e. The van der Waals surface area contributed by atoms with Gasteiger partial charge in [-0.2, -0.15) is 0 Å². The first kappa shape index (κ1) is 27.8. The molecule has 3 aromatic rings. The number of ether oxygens (including phenoxy) is 2. The molecule has 0 fully saturated rings. The average molecular weight is 521 g/mol. The fourth-order valence-electron chi connectivity index (χ4n) is 5.34. The Morgan fingerprint density at radius 2 is 1.87 bits per heavy atom. The number of rotatable bonds is 13. The number of phenolic OH excluding ortho intramolecular Hbond substituents is 1. The van der Waals surface area contributed by atoms with Gasteiger partial charge in [0.05, 0.1) is 7.11 Å². The van der Waals surface area contributed by atoms with Gasteiger partial charge in [0, 0.05) is 24.8 Å². The molecule has 1 atom stereocenters. The largest absolute Gasteiger partial charge is 0.508 e. The predicted octanol–water partition coefficient (Wildman–Crippen LogP) is 6.58. The second-order valence-corrected chi connectivity index (χ2v) is 10.0. The van der Waals surface area contributed by atoms with Crippen molar-refractivity contribution < 1.29 is 19.0 Å². The molecule has 0 spiro atoms. The molecule has 204 valence electrons. The summed E-state index contributed by atoms with van der Waals surface area (Å²) in [5.74, 6) is 1.60. The fraction of sp³-hybridized carbons (Fsp3) is 0.438. The molecule has 2 N–H and O–H groups in total. The topological polar surface area (TPSA) is 54.0 Å². The van der Waals surface area contributed by atoms with Crippen LogP contribution in [-0.2, 0) is 19.3 Å². The van der Waals surface area contributed by atoms with Gasteiger partial charge < -0.3 is 24.8 Å². The third-order valence-corrected chi connectivity index (χ3v) is 7.63. The van der Waals surface area contributed by atoms with E-state index in [1.54, 1.807) is 25.3 Å². The number of aryl methyl sites for hydroxylation is 2. The van der Waals surface area contributed by atoms with Crippen molar-refractivity contribution in [1.82, 2.24) is 4.90 Å². The zero-order valence-corrected chi connectivity index (χ0v) is 22.9. The van der Waals surface area contributed by atoms with Crippen molar-refractivity contribution in [3.05, 3.63) is 82.7 Å². The van der Waals surface area contributed by atoms with Crippen LogP contribution in [0.25, 0.3) is 0 Å². The van der Waals surface area contributed by atoms with E-state index in [1.165, 1.54) is 16.7 Å². The summed E-state index contributed by atoms with van der Waals surface area (Å²) in [5, 5.41) is 13.4. The van der Waals surface area contributed by atoms with Crippen LogP contribution in [0.15, 0.2) is 54.6 Å². The summed E-state index contributed by atoms with van der Waals surface area (Å²) in [6.45, 7) is 8.22. The van der Waals surface area contributed by atoms with Crippen LogP contribution in [0, 0.1) is 5.82 Å². The van der Waals surface area contributed by atoms with Crippen molar-refractivity contribution >= 4 is 5.69 Å². The zero-order chi connectivity index (χ0) is 26.9. The minimum atomic E-state index is -0.295. The fourth-order valence-corrected chi connectivity index (χ4v) is 5.34. The highest BCUT2D eigenvalue weighted by Crippen LogP contribution is 2.38. The number of hydrogen-bond acceptors (Lipinski definition) is 5. The van der Waals surface area contributed by atoms with Crippen molar-refractivity contribution in [3.63, 3.8) is 0 Å². The molecule has 0 saturated heterocycles. The van der Waals surface area contributed by atoms with Gasteiger partial charge in [-0.1, -0.05) is 32.0 Å². The second kappa shape index (κ2) is 13.5.